The summed E-state index contributed by atoms with van der Waals surface area (Å²) in [6.07, 6.45) is 14.4. The van der Waals surface area contributed by atoms with Crippen LogP contribution in [0.4, 0.5) is 0 Å². The molecular formula is C27H38O2. The molecule has 0 radical (unpaired) electrons. The number of hydrogen-bond donors (Lipinski definition) is 2. The molecule has 8 atom stereocenters. The van der Waals surface area contributed by atoms with E-state index < -0.39 is 5.60 Å². The van der Waals surface area contributed by atoms with Crippen LogP contribution in [0.1, 0.15) is 77.2 Å². The van der Waals surface area contributed by atoms with Crippen LogP contribution in [0.2, 0.25) is 0 Å². The third-order valence-electron chi connectivity index (χ3n) is 10.2. The minimum atomic E-state index is -0.682. The van der Waals surface area contributed by atoms with E-state index in [1.54, 1.807) is 0 Å². The normalized spacial score (nSPS) is 49.4. The lowest BCUT2D eigenvalue weighted by Gasteiger charge is -2.61. The fourth-order valence-electron chi connectivity index (χ4n) is 8.36. The molecule has 0 unspecified atom stereocenters. The quantitative estimate of drug-likeness (QED) is 0.662. The van der Waals surface area contributed by atoms with E-state index in [-0.39, 0.29) is 11.5 Å². The monoisotopic (exact) mass is 394 g/mol. The Kier molecular flexibility index (Phi) is 4.75. The van der Waals surface area contributed by atoms with Crippen LogP contribution in [0.25, 0.3) is 6.08 Å². The third-order valence-corrected chi connectivity index (χ3v) is 10.2. The Morgan fingerprint density at radius 3 is 2.45 bits per heavy atom. The molecule has 2 nitrogen and oxygen atoms in total. The summed E-state index contributed by atoms with van der Waals surface area (Å²) < 4.78 is 0. The zero-order valence-corrected chi connectivity index (χ0v) is 18.2. The second kappa shape index (κ2) is 6.95. The summed E-state index contributed by atoms with van der Waals surface area (Å²) in [6, 6.07) is 10.4. The van der Waals surface area contributed by atoms with E-state index in [9.17, 15) is 10.2 Å². The van der Waals surface area contributed by atoms with Gasteiger partial charge in [-0.15, -0.1) is 0 Å². The van der Waals surface area contributed by atoms with Gasteiger partial charge in [-0.3, -0.25) is 0 Å². The van der Waals surface area contributed by atoms with Crippen molar-refractivity contribution in [1.82, 2.24) is 0 Å². The Bertz CT molecular complexity index is 772. The van der Waals surface area contributed by atoms with Crippen LogP contribution in [-0.4, -0.2) is 21.9 Å². The number of aliphatic hydroxyl groups excluding tert-OH is 1. The fraction of sp³-hybridized carbons (Fsp3) is 0.704. The molecule has 29 heavy (non-hydrogen) atoms. The number of benzene rings is 1. The summed E-state index contributed by atoms with van der Waals surface area (Å²) in [4.78, 5) is 0. The molecule has 0 aliphatic heterocycles. The molecule has 158 valence electrons. The highest BCUT2D eigenvalue weighted by Crippen LogP contribution is 2.68. The molecule has 1 aromatic carbocycles. The topological polar surface area (TPSA) is 40.5 Å². The average Bonchev–Trinajstić information content (AvgIpc) is 2.99. The van der Waals surface area contributed by atoms with Gasteiger partial charge in [0.05, 0.1) is 11.7 Å². The smallest absolute Gasteiger partial charge is 0.0887 e. The summed E-state index contributed by atoms with van der Waals surface area (Å²) in [6.45, 7) is 4.93. The molecule has 2 N–H and O–H groups in total. The van der Waals surface area contributed by atoms with E-state index in [0.717, 1.165) is 43.9 Å². The van der Waals surface area contributed by atoms with Crippen molar-refractivity contribution in [2.24, 2.45) is 34.5 Å². The van der Waals surface area contributed by atoms with Crippen molar-refractivity contribution in [3.63, 3.8) is 0 Å². The first-order chi connectivity index (χ1) is 13.9. The largest absolute Gasteiger partial charge is 0.393 e. The lowest BCUT2D eigenvalue weighted by Crippen LogP contribution is -2.56. The van der Waals surface area contributed by atoms with E-state index in [0.29, 0.717) is 17.3 Å². The van der Waals surface area contributed by atoms with E-state index >= 15 is 0 Å². The molecule has 0 saturated heterocycles. The summed E-state index contributed by atoms with van der Waals surface area (Å²) in [5.74, 6) is 2.88. The molecule has 4 saturated carbocycles. The fourth-order valence-corrected chi connectivity index (χ4v) is 8.36. The Labute approximate surface area is 176 Å². The van der Waals surface area contributed by atoms with Gasteiger partial charge in [-0.05, 0) is 92.4 Å². The van der Waals surface area contributed by atoms with Crippen LogP contribution in [0, 0.1) is 34.5 Å². The van der Waals surface area contributed by atoms with Gasteiger partial charge in [0.1, 0.15) is 0 Å². The number of fused-ring (bicyclic) bond motifs is 5. The van der Waals surface area contributed by atoms with Crippen molar-refractivity contribution >= 4 is 6.08 Å². The first-order valence-corrected chi connectivity index (χ1v) is 12.0. The van der Waals surface area contributed by atoms with Gasteiger partial charge < -0.3 is 10.2 Å². The molecule has 4 aliphatic rings. The van der Waals surface area contributed by atoms with Gasteiger partial charge in [0.25, 0.3) is 0 Å². The van der Waals surface area contributed by atoms with Gasteiger partial charge >= 0.3 is 0 Å². The first kappa shape index (κ1) is 19.8. The molecule has 0 amide bonds. The van der Waals surface area contributed by atoms with Crippen LogP contribution in [0.3, 0.4) is 0 Å². The standard InChI is InChI=1S/C27H38O2/c1-25-14-11-21(28)18-20(25)8-9-22-23(25)12-15-26(2)24(22)13-17-27(26,29)16-10-19-6-4-3-5-7-19/h3-7,10,16,20-24,28-29H,8-9,11-15,17-18H2,1-2H3/b16-10+/t20-,21-,22+,23-,24+,25+,26+,27-/m0/s1. The maximum Gasteiger partial charge on any atom is 0.0887 e. The molecule has 5 rings (SSSR count). The van der Waals surface area contributed by atoms with Gasteiger partial charge in [-0.25, -0.2) is 0 Å². The highest BCUT2D eigenvalue weighted by Gasteiger charge is 2.63. The Morgan fingerprint density at radius 2 is 1.66 bits per heavy atom. The number of aliphatic hydroxyl groups is 2. The predicted molar refractivity (Wildman–Crippen MR) is 118 cm³/mol. The molecule has 1 aromatic rings. The second-order valence-corrected chi connectivity index (χ2v) is 11.2. The maximum absolute atomic E-state index is 11.8. The molecule has 2 heteroatoms. The molecule has 0 bridgehead atoms. The van der Waals surface area contributed by atoms with Gasteiger partial charge in [0, 0.05) is 5.41 Å². The Hall–Kier alpha value is -1.12. The van der Waals surface area contributed by atoms with E-state index in [2.05, 4.69) is 50.3 Å². The summed E-state index contributed by atoms with van der Waals surface area (Å²) in [5.41, 5.74) is 0.898. The van der Waals surface area contributed by atoms with Crippen molar-refractivity contribution in [1.29, 1.82) is 0 Å². The van der Waals surface area contributed by atoms with E-state index in [1.807, 2.05) is 6.07 Å². The van der Waals surface area contributed by atoms with Crippen molar-refractivity contribution in [2.75, 3.05) is 0 Å². The highest BCUT2D eigenvalue weighted by molar-refractivity contribution is 5.51. The predicted octanol–water partition coefficient (Wildman–Crippen LogP) is 5.83. The average molecular weight is 395 g/mol. The molecule has 4 fully saturated rings. The second-order valence-electron chi connectivity index (χ2n) is 11.2. The summed E-state index contributed by atoms with van der Waals surface area (Å²) in [7, 11) is 0. The van der Waals surface area contributed by atoms with Crippen molar-refractivity contribution in [3.05, 3.63) is 42.0 Å². The van der Waals surface area contributed by atoms with E-state index in [4.69, 9.17) is 0 Å². The van der Waals surface area contributed by atoms with Crippen molar-refractivity contribution in [3.8, 4) is 0 Å². The Morgan fingerprint density at radius 1 is 0.897 bits per heavy atom. The minimum Gasteiger partial charge on any atom is -0.393 e. The third kappa shape index (κ3) is 2.97. The lowest BCUT2D eigenvalue weighted by molar-refractivity contribution is -0.146. The van der Waals surface area contributed by atoms with Crippen LogP contribution in [0.15, 0.2) is 36.4 Å². The van der Waals surface area contributed by atoms with Crippen LogP contribution >= 0.6 is 0 Å². The van der Waals surface area contributed by atoms with Gasteiger partial charge in [0.2, 0.25) is 0 Å². The Balaban J connectivity index is 1.40. The van der Waals surface area contributed by atoms with Gasteiger partial charge in [0.15, 0.2) is 0 Å². The highest BCUT2D eigenvalue weighted by atomic mass is 16.3. The summed E-state index contributed by atoms with van der Waals surface area (Å²) >= 11 is 0. The molecule has 0 heterocycles. The van der Waals surface area contributed by atoms with Crippen molar-refractivity contribution in [2.45, 2.75) is 83.3 Å². The maximum atomic E-state index is 11.8. The number of rotatable bonds is 2. The van der Waals surface area contributed by atoms with Gasteiger partial charge in [-0.1, -0.05) is 56.3 Å². The minimum absolute atomic E-state index is 0.00315. The number of hydrogen-bond acceptors (Lipinski definition) is 2. The molecule has 4 aliphatic carbocycles. The van der Waals surface area contributed by atoms with Crippen LogP contribution < -0.4 is 0 Å². The molecule has 0 spiro atoms. The molecular weight excluding hydrogens is 356 g/mol. The van der Waals surface area contributed by atoms with Crippen LogP contribution in [0.5, 0.6) is 0 Å². The summed E-state index contributed by atoms with van der Waals surface area (Å²) in [5, 5.41) is 22.0. The zero-order valence-electron chi connectivity index (χ0n) is 18.2. The van der Waals surface area contributed by atoms with Crippen LogP contribution in [-0.2, 0) is 0 Å². The lowest BCUT2D eigenvalue weighted by atomic mass is 9.44. The zero-order chi connectivity index (χ0) is 20.3. The van der Waals surface area contributed by atoms with Crippen molar-refractivity contribution < 1.29 is 10.2 Å². The first-order valence-electron chi connectivity index (χ1n) is 12.0. The van der Waals surface area contributed by atoms with Gasteiger partial charge in [-0.2, -0.15) is 0 Å². The van der Waals surface area contributed by atoms with E-state index in [1.165, 1.54) is 31.2 Å². The SMILES string of the molecule is C[C@@]12CC[C@H](O)C[C@@H]1CC[C@H]1[C@H]3CC[C@@](O)(/C=C/c4ccccc4)[C@]3(C)CC[C@@H]12. The molecule has 0 aromatic heterocycles.